The molecule has 0 bridgehead atoms. The first-order valence-electron chi connectivity index (χ1n) is 1.52. The molecule has 0 saturated carbocycles. The highest BCUT2D eigenvalue weighted by molar-refractivity contribution is 8.84. The summed E-state index contributed by atoms with van der Waals surface area (Å²) < 4.78 is 3.02. The number of nitrogens with one attached hydrogen (secondary N) is 1. The van der Waals surface area contributed by atoms with Gasteiger partial charge in [0, 0.05) is 6.20 Å². The first kappa shape index (κ1) is 4.27. The molecule has 0 amide bonds. The van der Waals surface area contributed by atoms with Crippen LogP contribution in [0.25, 0.3) is 0 Å². The Morgan fingerprint density at radius 2 is 2.67 bits per heavy atom. The van der Waals surface area contributed by atoms with Crippen molar-refractivity contribution in [3.05, 3.63) is 11.6 Å². The maximum atomic E-state index is 3.75. The average Bonchev–Trinajstić information content (AvgIpc) is 1.86. The Bertz CT molecular complexity index is 87.0. The lowest BCUT2D eigenvalue weighted by Gasteiger charge is -1.88. The molecule has 0 aromatic rings. The monoisotopic (exact) mass is 119 g/mol. The van der Waals surface area contributed by atoms with Crippen molar-refractivity contribution in [2.45, 2.75) is 0 Å². The Labute approximate surface area is 43.3 Å². The molecule has 0 aliphatic carbocycles. The SMILES string of the molecule is C=S1NC=CS1. The molecule has 1 aliphatic rings. The van der Waals surface area contributed by atoms with Crippen LogP contribution in [-0.4, -0.2) is 5.87 Å². The van der Waals surface area contributed by atoms with Gasteiger partial charge in [-0.25, -0.2) is 0 Å². The van der Waals surface area contributed by atoms with Gasteiger partial charge >= 0.3 is 0 Å². The molecule has 6 heavy (non-hydrogen) atoms. The molecule has 1 nitrogen and oxygen atoms in total. The second kappa shape index (κ2) is 1.71. The molecule has 1 rings (SSSR count). The van der Waals surface area contributed by atoms with Crippen LogP contribution in [0.5, 0.6) is 0 Å². The molecule has 1 N–H and O–H groups in total. The van der Waals surface area contributed by atoms with Crippen molar-refractivity contribution in [3.8, 4) is 0 Å². The standard InChI is InChI=1S/C3H5NS2/c1-6-4-2-3-5-6/h2-4H,1H2. The van der Waals surface area contributed by atoms with Gasteiger partial charge in [0.25, 0.3) is 0 Å². The van der Waals surface area contributed by atoms with Gasteiger partial charge in [0.1, 0.15) is 0 Å². The molecule has 0 fully saturated rings. The van der Waals surface area contributed by atoms with E-state index in [9.17, 15) is 0 Å². The van der Waals surface area contributed by atoms with Crippen LogP contribution in [0.2, 0.25) is 0 Å². The Hall–Kier alpha value is 0.110. The van der Waals surface area contributed by atoms with Crippen molar-refractivity contribution in [2.75, 3.05) is 0 Å². The second-order valence-corrected chi connectivity index (χ2v) is 4.04. The van der Waals surface area contributed by atoms with Crippen molar-refractivity contribution < 1.29 is 0 Å². The van der Waals surface area contributed by atoms with Gasteiger partial charge < -0.3 is 4.72 Å². The molecule has 1 aliphatic heterocycles. The highest BCUT2D eigenvalue weighted by Crippen LogP contribution is 2.29. The van der Waals surface area contributed by atoms with E-state index in [1.165, 1.54) is 0 Å². The zero-order chi connectivity index (χ0) is 4.41. The van der Waals surface area contributed by atoms with E-state index in [4.69, 9.17) is 0 Å². The van der Waals surface area contributed by atoms with Crippen molar-refractivity contribution >= 4 is 26.4 Å². The smallest absolute Gasteiger partial charge is 0.0147 e. The molecular formula is C3H5NS2. The van der Waals surface area contributed by atoms with Gasteiger partial charge in [-0.3, -0.25) is 0 Å². The first-order valence-corrected chi connectivity index (χ1v) is 4.31. The van der Waals surface area contributed by atoms with E-state index in [0.717, 1.165) is 0 Å². The van der Waals surface area contributed by atoms with Crippen molar-refractivity contribution in [2.24, 2.45) is 0 Å². The van der Waals surface area contributed by atoms with Crippen LogP contribution in [0.3, 0.4) is 0 Å². The van der Waals surface area contributed by atoms with Gasteiger partial charge in [0.05, 0.1) is 0 Å². The Morgan fingerprint density at radius 1 is 1.83 bits per heavy atom. The van der Waals surface area contributed by atoms with Gasteiger partial charge in [-0.1, -0.05) is 10.8 Å². The lowest BCUT2D eigenvalue weighted by molar-refractivity contribution is 1.46. The van der Waals surface area contributed by atoms with Gasteiger partial charge in [0.15, 0.2) is 0 Å². The number of hydrogen-bond donors (Lipinski definition) is 1. The average molecular weight is 119 g/mol. The second-order valence-electron chi connectivity index (χ2n) is 0.862. The topological polar surface area (TPSA) is 12.0 Å². The quantitative estimate of drug-likeness (QED) is 0.381. The lowest BCUT2D eigenvalue weighted by Crippen LogP contribution is -1.81. The fraction of sp³-hybridized carbons (Fsp3) is 0. The summed E-state index contributed by atoms with van der Waals surface area (Å²) in [6.07, 6.45) is 1.92. The molecular weight excluding hydrogens is 114 g/mol. The summed E-state index contributed by atoms with van der Waals surface area (Å²) in [6, 6.07) is 0. The van der Waals surface area contributed by atoms with Crippen LogP contribution >= 0.6 is 20.5 Å². The van der Waals surface area contributed by atoms with Crippen LogP contribution in [0.1, 0.15) is 0 Å². The van der Waals surface area contributed by atoms with E-state index in [1.54, 1.807) is 10.8 Å². The molecule has 1 unspecified atom stereocenters. The van der Waals surface area contributed by atoms with Gasteiger partial charge in [0.2, 0.25) is 0 Å². The summed E-state index contributed by atoms with van der Waals surface area (Å²) in [4.78, 5) is 0. The summed E-state index contributed by atoms with van der Waals surface area (Å²) >= 11 is 0. The van der Waals surface area contributed by atoms with Crippen molar-refractivity contribution in [1.82, 2.24) is 4.72 Å². The number of hydrogen-bond acceptors (Lipinski definition) is 2. The molecule has 0 radical (unpaired) electrons. The minimum Gasteiger partial charge on any atom is -0.334 e. The molecule has 1 atom stereocenters. The van der Waals surface area contributed by atoms with Gasteiger partial charge in [-0.05, 0) is 21.0 Å². The fourth-order valence-electron chi connectivity index (χ4n) is 0.226. The van der Waals surface area contributed by atoms with E-state index < -0.39 is 0 Å². The maximum absolute atomic E-state index is 3.75. The van der Waals surface area contributed by atoms with E-state index in [0.29, 0.717) is 0 Å². The van der Waals surface area contributed by atoms with Crippen molar-refractivity contribution in [3.63, 3.8) is 0 Å². The van der Waals surface area contributed by atoms with Crippen LogP contribution < -0.4 is 4.72 Å². The van der Waals surface area contributed by atoms with Crippen LogP contribution in [0.15, 0.2) is 11.6 Å². The predicted octanol–water partition coefficient (Wildman–Crippen LogP) is 1.32. The molecule has 0 aromatic carbocycles. The van der Waals surface area contributed by atoms with E-state index in [1.807, 2.05) is 11.6 Å². The van der Waals surface area contributed by atoms with Crippen LogP contribution in [0.4, 0.5) is 0 Å². The van der Waals surface area contributed by atoms with Crippen LogP contribution in [0, 0.1) is 0 Å². The molecule has 0 aromatic heterocycles. The molecule has 34 valence electrons. The predicted molar refractivity (Wildman–Crippen MR) is 34.6 cm³/mol. The van der Waals surface area contributed by atoms with Gasteiger partial charge in [-0.2, -0.15) is 0 Å². The third-order valence-corrected chi connectivity index (χ3v) is 2.64. The van der Waals surface area contributed by atoms with E-state index >= 15 is 0 Å². The summed E-state index contributed by atoms with van der Waals surface area (Å²) in [5, 5.41) is 2.01. The van der Waals surface area contributed by atoms with E-state index in [2.05, 4.69) is 10.6 Å². The minimum atomic E-state index is 0.133. The molecule has 3 heteroatoms. The van der Waals surface area contributed by atoms with Crippen molar-refractivity contribution in [1.29, 1.82) is 0 Å². The fourth-order valence-corrected chi connectivity index (χ4v) is 1.75. The first-order chi connectivity index (χ1) is 2.89. The summed E-state index contributed by atoms with van der Waals surface area (Å²) in [5.41, 5.74) is 0. The minimum absolute atomic E-state index is 0.133. The molecule has 1 heterocycles. The third kappa shape index (κ3) is 0.786. The molecule has 0 saturated heterocycles. The highest BCUT2D eigenvalue weighted by atomic mass is 33.1. The largest absolute Gasteiger partial charge is 0.334 e. The number of rotatable bonds is 0. The molecule has 0 spiro atoms. The summed E-state index contributed by atoms with van der Waals surface area (Å²) in [5.74, 6) is 3.75. The summed E-state index contributed by atoms with van der Waals surface area (Å²) in [6.45, 7) is 0. The van der Waals surface area contributed by atoms with E-state index in [-0.39, 0.29) is 9.70 Å². The zero-order valence-electron chi connectivity index (χ0n) is 3.18. The van der Waals surface area contributed by atoms with Crippen LogP contribution in [-0.2, 0) is 0 Å². The maximum Gasteiger partial charge on any atom is 0.0147 e. The lowest BCUT2D eigenvalue weighted by atomic mass is 11.1. The Balaban J connectivity index is 2.52. The Kier molecular flexibility index (Phi) is 1.22. The van der Waals surface area contributed by atoms with Gasteiger partial charge in [-0.15, -0.1) is 0 Å². The Morgan fingerprint density at radius 3 is 2.83 bits per heavy atom. The zero-order valence-corrected chi connectivity index (χ0v) is 4.81. The normalized spacial score (nSPS) is 30.3. The third-order valence-electron chi connectivity index (χ3n) is 0.439. The highest BCUT2D eigenvalue weighted by Gasteiger charge is 1.88. The summed E-state index contributed by atoms with van der Waals surface area (Å²) in [7, 11) is 1.85.